The van der Waals surface area contributed by atoms with Gasteiger partial charge in [-0.25, -0.2) is 0 Å². The maximum atomic E-state index is 10.5. The van der Waals surface area contributed by atoms with Crippen LogP contribution >= 0.6 is 11.3 Å². The van der Waals surface area contributed by atoms with E-state index in [4.69, 9.17) is 0 Å². The topological polar surface area (TPSA) is 46.2 Å². The fourth-order valence-electron chi connectivity index (χ4n) is 0.657. The van der Waals surface area contributed by atoms with Crippen LogP contribution in [0.15, 0.2) is 12.1 Å². The summed E-state index contributed by atoms with van der Waals surface area (Å²) in [6.07, 6.45) is 0.760. The number of anilines is 1. The Labute approximate surface area is 68.0 Å². The van der Waals surface area contributed by atoms with E-state index in [1.165, 1.54) is 18.3 Å². The van der Waals surface area contributed by atoms with Crippen molar-refractivity contribution in [3.8, 4) is 0 Å². The summed E-state index contributed by atoms with van der Waals surface area (Å²) in [5.74, 6) is -0.121. The van der Waals surface area contributed by atoms with Gasteiger partial charge in [-0.15, -0.1) is 11.3 Å². The molecule has 1 aromatic rings. The molecule has 0 fully saturated rings. The summed E-state index contributed by atoms with van der Waals surface area (Å²) < 4.78 is 0. The Morgan fingerprint density at radius 1 is 1.64 bits per heavy atom. The number of hydrogen-bond acceptors (Lipinski definition) is 3. The number of rotatable bonds is 2. The molecule has 1 heterocycles. The molecule has 58 valence electrons. The van der Waals surface area contributed by atoms with E-state index in [0.717, 1.165) is 6.29 Å². The maximum Gasteiger partial charge on any atom is 0.221 e. The molecular weight excluding hydrogens is 162 g/mol. The van der Waals surface area contributed by atoms with Crippen LogP contribution in [0.25, 0.3) is 0 Å². The van der Waals surface area contributed by atoms with E-state index in [1.54, 1.807) is 12.1 Å². The van der Waals surface area contributed by atoms with Crippen LogP contribution in [0.4, 0.5) is 5.00 Å². The van der Waals surface area contributed by atoms with Crippen molar-refractivity contribution in [3.05, 3.63) is 17.0 Å². The third-order valence-electron chi connectivity index (χ3n) is 1.04. The standard InChI is InChI=1S/C7H7NO2S/c1-5(10)8-7-3-2-6(4-9)11-7/h2-4H,1H3,(H,8,10). The van der Waals surface area contributed by atoms with E-state index in [1.807, 2.05) is 0 Å². The lowest BCUT2D eigenvalue weighted by Gasteiger charge is -1.92. The van der Waals surface area contributed by atoms with E-state index < -0.39 is 0 Å². The second-order valence-electron chi connectivity index (χ2n) is 2.00. The Balaban J connectivity index is 2.72. The van der Waals surface area contributed by atoms with Crippen molar-refractivity contribution in [1.82, 2.24) is 0 Å². The molecule has 0 saturated heterocycles. The highest BCUT2D eigenvalue weighted by molar-refractivity contribution is 7.17. The lowest BCUT2D eigenvalue weighted by molar-refractivity contribution is -0.114. The third kappa shape index (κ3) is 2.16. The van der Waals surface area contributed by atoms with Crippen LogP contribution in [0.2, 0.25) is 0 Å². The Bertz CT molecular complexity index is 280. The number of nitrogens with one attached hydrogen (secondary N) is 1. The smallest absolute Gasteiger partial charge is 0.221 e. The summed E-state index contributed by atoms with van der Waals surface area (Å²) in [5, 5.41) is 3.29. The minimum absolute atomic E-state index is 0.121. The predicted molar refractivity (Wildman–Crippen MR) is 44.0 cm³/mol. The summed E-state index contributed by atoms with van der Waals surface area (Å²) >= 11 is 1.26. The SMILES string of the molecule is CC(=O)Nc1ccc(C=O)s1. The van der Waals surface area contributed by atoms with E-state index in [2.05, 4.69) is 5.32 Å². The van der Waals surface area contributed by atoms with Crippen molar-refractivity contribution >= 4 is 28.5 Å². The predicted octanol–water partition coefficient (Wildman–Crippen LogP) is 1.52. The fourth-order valence-corrected chi connectivity index (χ4v) is 1.43. The molecule has 0 aliphatic carbocycles. The van der Waals surface area contributed by atoms with Gasteiger partial charge in [-0.3, -0.25) is 9.59 Å². The van der Waals surface area contributed by atoms with Crippen molar-refractivity contribution in [3.63, 3.8) is 0 Å². The van der Waals surface area contributed by atoms with Gasteiger partial charge in [0.25, 0.3) is 0 Å². The van der Waals surface area contributed by atoms with Crippen LogP contribution in [0.1, 0.15) is 16.6 Å². The Kier molecular flexibility index (Phi) is 2.38. The molecule has 0 bridgehead atoms. The highest BCUT2D eigenvalue weighted by Crippen LogP contribution is 2.19. The maximum absolute atomic E-state index is 10.5. The van der Waals surface area contributed by atoms with Gasteiger partial charge in [-0.05, 0) is 12.1 Å². The Morgan fingerprint density at radius 3 is 2.82 bits per heavy atom. The lowest BCUT2D eigenvalue weighted by Crippen LogP contribution is -2.03. The summed E-state index contributed by atoms with van der Waals surface area (Å²) in [6, 6.07) is 3.37. The molecule has 0 aliphatic rings. The molecule has 0 aliphatic heterocycles. The average Bonchev–Trinajstić information content (AvgIpc) is 2.34. The van der Waals surface area contributed by atoms with Crippen LogP contribution in [0.3, 0.4) is 0 Å². The number of amides is 1. The van der Waals surface area contributed by atoms with E-state index in [0.29, 0.717) is 9.88 Å². The van der Waals surface area contributed by atoms with Crippen LogP contribution in [-0.4, -0.2) is 12.2 Å². The second kappa shape index (κ2) is 3.30. The molecule has 0 aromatic carbocycles. The molecule has 0 unspecified atom stereocenters. The molecule has 1 aromatic heterocycles. The molecular formula is C7H7NO2S. The normalized spacial score (nSPS) is 9.18. The highest BCUT2D eigenvalue weighted by Gasteiger charge is 1.98. The molecule has 4 heteroatoms. The molecule has 0 radical (unpaired) electrons. The van der Waals surface area contributed by atoms with Crippen LogP contribution in [0, 0.1) is 0 Å². The molecule has 1 rings (SSSR count). The zero-order valence-corrected chi connectivity index (χ0v) is 6.77. The first-order chi connectivity index (χ1) is 5.22. The molecule has 11 heavy (non-hydrogen) atoms. The summed E-state index contributed by atoms with van der Waals surface area (Å²) in [6.45, 7) is 1.43. The first-order valence-electron chi connectivity index (χ1n) is 3.05. The second-order valence-corrected chi connectivity index (χ2v) is 3.12. The van der Waals surface area contributed by atoms with Crippen molar-refractivity contribution in [1.29, 1.82) is 0 Å². The lowest BCUT2D eigenvalue weighted by atomic mass is 10.5. The van der Waals surface area contributed by atoms with Crippen molar-refractivity contribution in [2.24, 2.45) is 0 Å². The minimum atomic E-state index is -0.121. The van der Waals surface area contributed by atoms with Gasteiger partial charge in [0.1, 0.15) is 0 Å². The summed E-state index contributed by atoms with van der Waals surface area (Å²) in [7, 11) is 0. The quantitative estimate of drug-likeness (QED) is 0.682. The first kappa shape index (κ1) is 7.94. The van der Waals surface area contributed by atoms with Gasteiger partial charge in [0, 0.05) is 6.92 Å². The number of carbonyl (C=O) groups excluding carboxylic acids is 2. The van der Waals surface area contributed by atoms with Crippen molar-refractivity contribution in [2.45, 2.75) is 6.92 Å². The molecule has 0 saturated carbocycles. The zero-order chi connectivity index (χ0) is 8.27. The molecule has 0 spiro atoms. The van der Waals surface area contributed by atoms with Gasteiger partial charge < -0.3 is 5.32 Å². The van der Waals surface area contributed by atoms with E-state index >= 15 is 0 Å². The van der Waals surface area contributed by atoms with Gasteiger partial charge in [0.2, 0.25) is 5.91 Å². The third-order valence-corrected chi connectivity index (χ3v) is 1.97. The molecule has 1 amide bonds. The molecule has 3 nitrogen and oxygen atoms in total. The summed E-state index contributed by atoms with van der Waals surface area (Å²) in [5.41, 5.74) is 0. The number of hydrogen-bond donors (Lipinski definition) is 1. The van der Waals surface area contributed by atoms with Crippen LogP contribution < -0.4 is 5.32 Å². The molecule has 0 atom stereocenters. The van der Waals surface area contributed by atoms with Gasteiger partial charge >= 0.3 is 0 Å². The first-order valence-corrected chi connectivity index (χ1v) is 3.86. The number of aldehydes is 1. The van der Waals surface area contributed by atoms with Gasteiger partial charge in [-0.2, -0.15) is 0 Å². The van der Waals surface area contributed by atoms with Crippen LogP contribution in [0.5, 0.6) is 0 Å². The number of thiophene rings is 1. The molecule has 1 N–H and O–H groups in total. The largest absolute Gasteiger partial charge is 0.318 e. The van der Waals surface area contributed by atoms with E-state index in [-0.39, 0.29) is 5.91 Å². The van der Waals surface area contributed by atoms with Crippen molar-refractivity contribution < 1.29 is 9.59 Å². The number of carbonyl (C=O) groups is 2. The van der Waals surface area contributed by atoms with Gasteiger partial charge in [0.15, 0.2) is 6.29 Å². The average molecular weight is 169 g/mol. The minimum Gasteiger partial charge on any atom is -0.318 e. The summed E-state index contributed by atoms with van der Waals surface area (Å²) in [4.78, 5) is 21.3. The van der Waals surface area contributed by atoms with Gasteiger partial charge in [0.05, 0.1) is 9.88 Å². The zero-order valence-electron chi connectivity index (χ0n) is 5.96. The van der Waals surface area contributed by atoms with E-state index in [9.17, 15) is 9.59 Å². The van der Waals surface area contributed by atoms with Crippen LogP contribution in [-0.2, 0) is 4.79 Å². The van der Waals surface area contributed by atoms with Crippen molar-refractivity contribution in [2.75, 3.05) is 5.32 Å². The van der Waals surface area contributed by atoms with Gasteiger partial charge in [-0.1, -0.05) is 0 Å². The monoisotopic (exact) mass is 169 g/mol. The Hall–Kier alpha value is -1.16. The fraction of sp³-hybridized carbons (Fsp3) is 0.143. The Morgan fingerprint density at radius 2 is 2.36 bits per heavy atom. The highest BCUT2D eigenvalue weighted by atomic mass is 32.1.